The van der Waals surface area contributed by atoms with Gasteiger partial charge in [-0.05, 0) is 221 Å². The molecule has 6 heterocycles. The standard InChI is InChI=1S/C25H18Cl10N8P6.4C4H8O/c26-44(27)38-45(28,29)41-48(34,40-44)36-19-13-9-17(10-14-19)25(23-7-3-1-5-21(23)22-6-2-4-8-24(22)25)18-11-15-20(16-12-18)37-49(35)42-46(30,31)39-47(32,33)43-49;4*1-2-4-5-3-1/h1-16,36-37H;4*1-4H2. The van der Waals surface area contributed by atoms with Crippen LogP contribution in [0.1, 0.15) is 73.6 Å². The average Bonchev–Trinajstić information content (AvgIpc) is 4.13. The van der Waals surface area contributed by atoms with Gasteiger partial charge in [-0.15, -0.1) is 0 Å². The SMILES string of the molecule is C1CCOC1.C1CCOC1.C1CCOC1.C1CCOC1.ClP1(Cl)=NP(Cl)(Cl)=N[P@](Cl)(Nc2ccc(C3(c4ccc(N[P@@]5(Cl)=NP(Cl)(Cl)=NP(Cl)(Cl)=N5)cc4)c4ccccc4-c4ccccc43)cc2)=N1. The van der Waals surface area contributed by atoms with Gasteiger partial charge in [0.1, 0.15) is 0 Å². The Labute approximate surface area is 453 Å². The van der Waals surface area contributed by atoms with Crippen LogP contribution in [-0.2, 0) is 24.4 Å². The fraction of sp³-hybridized carbons (Fsp3) is 0.415. The molecule has 0 spiro atoms. The van der Waals surface area contributed by atoms with Crippen molar-refractivity contribution in [1.82, 2.24) is 0 Å². The molecule has 6 aliphatic heterocycles. The minimum absolute atomic E-state index is 0.621. The van der Waals surface area contributed by atoms with Crippen LogP contribution in [0.5, 0.6) is 0 Å². The summed E-state index contributed by atoms with van der Waals surface area (Å²) in [7, 11) is 0. The molecule has 0 aromatic heterocycles. The summed E-state index contributed by atoms with van der Waals surface area (Å²) in [6.07, 6.45) is 10.2. The molecule has 0 amide bonds. The van der Waals surface area contributed by atoms with E-state index in [1.807, 2.05) is 72.8 Å². The number of nitrogens with zero attached hydrogens (tertiary/aromatic N) is 6. The van der Waals surface area contributed by atoms with Crippen LogP contribution in [0.3, 0.4) is 0 Å². The minimum Gasteiger partial charge on any atom is -0.381 e. The van der Waals surface area contributed by atoms with Crippen molar-refractivity contribution in [2.75, 3.05) is 63.0 Å². The van der Waals surface area contributed by atoms with Crippen LogP contribution in [0.25, 0.3) is 11.1 Å². The van der Waals surface area contributed by atoms with E-state index in [-0.39, 0.29) is 0 Å². The van der Waals surface area contributed by atoms with Gasteiger partial charge in [-0.2, -0.15) is 27.1 Å². The molecule has 11 rings (SSSR count). The largest absolute Gasteiger partial charge is 0.381 e. The first-order valence-electron chi connectivity index (χ1n) is 21.9. The molecular formula is C41H50Cl10N8O4P6. The molecule has 4 aromatic rings. The van der Waals surface area contributed by atoms with E-state index in [1.54, 1.807) is 0 Å². The van der Waals surface area contributed by atoms with Crippen molar-refractivity contribution in [2.45, 2.75) is 56.8 Å². The second-order valence-electron chi connectivity index (χ2n) is 15.9. The lowest BCUT2D eigenvalue weighted by atomic mass is 9.67. The molecule has 69 heavy (non-hydrogen) atoms. The van der Waals surface area contributed by atoms with Crippen LogP contribution in [0.15, 0.2) is 124 Å². The first-order chi connectivity index (χ1) is 32.8. The minimum atomic E-state index is -3.21. The molecule has 7 aliphatic rings. The Hall–Kier alpha value is 0.600. The van der Waals surface area contributed by atoms with Gasteiger partial charge in [0.15, 0.2) is 0 Å². The van der Waals surface area contributed by atoms with E-state index >= 15 is 0 Å². The zero-order valence-corrected chi connectivity index (χ0v) is 49.8. The van der Waals surface area contributed by atoms with Gasteiger partial charge < -0.3 is 29.1 Å². The number of benzene rings is 4. The number of nitrogens with one attached hydrogen (secondary N) is 2. The molecule has 4 aromatic carbocycles. The Bertz CT molecular complexity index is 2500. The highest BCUT2D eigenvalue weighted by molar-refractivity contribution is 8.23. The van der Waals surface area contributed by atoms with Crippen LogP contribution in [0.4, 0.5) is 11.4 Å². The van der Waals surface area contributed by atoms with E-state index in [4.69, 9.17) is 131 Å². The summed E-state index contributed by atoms with van der Waals surface area (Å²) in [6.45, 7) is 1.58. The summed E-state index contributed by atoms with van der Waals surface area (Å²) < 4.78 is 45.0. The monoisotopic (exact) mass is 1250 g/mol. The first kappa shape index (κ1) is 57.3. The third kappa shape index (κ3) is 16.3. The van der Waals surface area contributed by atoms with E-state index in [1.165, 1.54) is 51.4 Å². The van der Waals surface area contributed by atoms with Crippen molar-refractivity contribution in [1.29, 1.82) is 0 Å². The molecule has 0 saturated carbocycles. The number of hydrogen-bond acceptors (Lipinski definition) is 12. The van der Waals surface area contributed by atoms with Crippen LogP contribution in [0, 0.1) is 0 Å². The highest BCUT2D eigenvalue weighted by Crippen LogP contribution is 2.87. The van der Waals surface area contributed by atoms with Crippen LogP contribution < -0.4 is 10.2 Å². The van der Waals surface area contributed by atoms with Crippen molar-refractivity contribution in [3.05, 3.63) is 119 Å². The molecule has 4 saturated heterocycles. The van der Waals surface area contributed by atoms with Crippen LogP contribution >= 0.6 is 149 Å². The molecule has 0 bridgehead atoms. The zero-order chi connectivity index (χ0) is 49.2. The Morgan fingerprint density at radius 3 is 0.884 bits per heavy atom. The highest BCUT2D eigenvalue weighted by Gasteiger charge is 2.46. The average molecular weight is 1260 g/mol. The smallest absolute Gasteiger partial charge is 0.261 e. The van der Waals surface area contributed by atoms with E-state index < -0.39 is 42.5 Å². The second kappa shape index (κ2) is 25.6. The van der Waals surface area contributed by atoms with Crippen molar-refractivity contribution < 1.29 is 18.9 Å². The molecule has 2 N–H and O–H groups in total. The van der Waals surface area contributed by atoms with Gasteiger partial charge in [-0.25, -0.2) is 0 Å². The van der Waals surface area contributed by atoms with Gasteiger partial charge in [0.25, 0.3) is 37.1 Å². The maximum atomic E-state index is 6.80. The summed E-state index contributed by atoms with van der Waals surface area (Å²) in [5.41, 5.74) is 6.94. The third-order valence-electron chi connectivity index (χ3n) is 10.8. The predicted octanol–water partition coefficient (Wildman–Crippen LogP) is 22.2. The van der Waals surface area contributed by atoms with Crippen molar-refractivity contribution in [2.24, 2.45) is 27.1 Å². The second-order valence-corrected chi connectivity index (χ2v) is 42.6. The Morgan fingerprint density at radius 2 is 0.623 bits per heavy atom. The topological polar surface area (TPSA) is 135 Å². The fourth-order valence-corrected chi connectivity index (χ4v) is 42.3. The first-order valence-corrected chi connectivity index (χ1v) is 41.1. The van der Waals surface area contributed by atoms with Crippen LogP contribution in [-0.4, -0.2) is 52.9 Å². The Kier molecular flexibility index (Phi) is 21.3. The predicted molar refractivity (Wildman–Crippen MR) is 306 cm³/mol. The van der Waals surface area contributed by atoms with E-state index in [9.17, 15) is 0 Å². The quantitative estimate of drug-likeness (QED) is 0.163. The normalized spacial score (nSPS) is 25.5. The molecule has 28 heteroatoms. The lowest BCUT2D eigenvalue weighted by Crippen LogP contribution is -2.28. The maximum absolute atomic E-state index is 6.80. The van der Waals surface area contributed by atoms with E-state index in [0.29, 0.717) is 11.4 Å². The summed E-state index contributed by atoms with van der Waals surface area (Å²) in [6, 6.07) is 32.3. The number of ether oxygens (including phenoxy) is 4. The molecule has 2 atom stereocenters. The molecule has 0 unspecified atom stereocenters. The van der Waals surface area contributed by atoms with Gasteiger partial charge in [0, 0.05) is 64.2 Å². The van der Waals surface area contributed by atoms with Crippen molar-refractivity contribution in [3.63, 3.8) is 0 Å². The van der Waals surface area contributed by atoms with E-state index in [0.717, 1.165) is 86.2 Å². The number of hydrogen-bond donors (Lipinski definition) is 2. The Morgan fingerprint density at radius 1 is 0.348 bits per heavy atom. The van der Waals surface area contributed by atoms with Gasteiger partial charge in [-0.1, -0.05) is 72.8 Å². The van der Waals surface area contributed by atoms with Crippen molar-refractivity contribution in [3.8, 4) is 11.1 Å². The number of rotatable bonds is 6. The molecule has 1 aliphatic carbocycles. The molecular weight excluding hydrogens is 1210 g/mol. The lowest BCUT2D eigenvalue weighted by Gasteiger charge is -2.34. The maximum Gasteiger partial charge on any atom is 0.261 e. The summed E-state index contributed by atoms with van der Waals surface area (Å²) in [4.78, 5) is 0. The third-order valence-corrected chi connectivity index (χ3v) is 35.2. The summed E-state index contributed by atoms with van der Waals surface area (Å²) in [5.74, 6) is -12.8. The Balaban J connectivity index is 0.000000287. The van der Waals surface area contributed by atoms with Gasteiger partial charge in [0.05, 0.1) is 5.41 Å². The zero-order valence-electron chi connectivity index (χ0n) is 36.8. The van der Waals surface area contributed by atoms with Gasteiger partial charge >= 0.3 is 0 Å². The fourth-order valence-electron chi connectivity index (χ4n) is 8.01. The number of anilines is 2. The molecule has 0 radical (unpaired) electrons. The van der Waals surface area contributed by atoms with Gasteiger partial charge in [-0.3, -0.25) is 0 Å². The van der Waals surface area contributed by atoms with E-state index in [2.05, 4.69) is 61.5 Å². The van der Waals surface area contributed by atoms with Crippen molar-refractivity contribution >= 4 is 161 Å². The lowest BCUT2D eigenvalue weighted by molar-refractivity contribution is 0.198. The summed E-state index contributed by atoms with van der Waals surface area (Å²) >= 11 is 64.0. The summed E-state index contributed by atoms with van der Waals surface area (Å²) in [5, 5.41) is 6.33. The van der Waals surface area contributed by atoms with Gasteiger partial charge in [0.2, 0.25) is 0 Å². The molecule has 378 valence electrons. The molecule has 4 fully saturated rings. The number of halogens is 10. The highest BCUT2D eigenvalue weighted by atomic mass is 35.9. The number of fused-ring (bicyclic) bond motifs is 3. The molecule has 12 nitrogen and oxygen atoms in total. The van der Waals surface area contributed by atoms with Crippen LogP contribution in [0.2, 0.25) is 0 Å².